The molecule has 1 heterocycles. The molecular formula is C10H11FO4S. The molecule has 1 aliphatic carbocycles. The van der Waals surface area contributed by atoms with Crippen LogP contribution in [-0.2, 0) is 14.3 Å². The summed E-state index contributed by atoms with van der Waals surface area (Å²) in [5, 5.41) is 8.87. The number of hydrogen-bond donors (Lipinski definition) is 1. The Morgan fingerprint density at radius 3 is 2.94 bits per heavy atom. The Labute approximate surface area is 95.8 Å². The monoisotopic (exact) mass is 246 g/mol. The van der Waals surface area contributed by atoms with Crippen molar-refractivity contribution in [2.24, 2.45) is 5.92 Å². The molecule has 6 heteroatoms. The summed E-state index contributed by atoms with van der Waals surface area (Å²) in [6.07, 6.45) is 0.217. The fraction of sp³-hybridized carbons (Fsp3) is 0.600. The van der Waals surface area contributed by atoms with Gasteiger partial charge in [0.25, 0.3) is 0 Å². The van der Waals surface area contributed by atoms with Gasteiger partial charge in [-0.2, -0.15) is 0 Å². The second-order valence-corrected chi connectivity index (χ2v) is 4.92. The van der Waals surface area contributed by atoms with Gasteiger partial charge in [-0.3, -0.25) is 9.59 Å². The number of hydrogen-bond acceptors (Lipinski definition) is 5. The van der Waals surface area contributed by atoms with E-state index in [9.17, 15) is 14.0 Å². The van der Waals surface area contributed by atoms with Crippen molar-refractivity contribution < 1.29 is 23.8 Å². The smallest absolute Gasteiger partial charge is 0.198 e. The van der Waals surface area contributed by atoms with Crippen molar-refractivity contribution in [3.05, 3.63) is 11.9 Å². The fourth-order valence-electron chi connectivity index (χ4n) is 1.78. The van der Waals surface area contributed by atoms with Gasteiger partial charge in [-0.25, -0.2) is 4.39 Å². The minimum Gasteiger partial charge on any atom is -0.393 e. The first-order valence-electron chi connectivity index (χ1n) is 4.93. The molecule has 0 radical (unpaired) electrons. The number of carbonyl (C=O) groups excluding carboxylic acids is 2. The van der Waals surface area contributed by atoms with Crippen LogP contribution < -0.4 is 0 Å². The lowest BCUT2D eigenvalue weighted by molar-refractivity contribution is -0.131. The Balaban J connectivity index is 2.10. The normalized spacial score (nSPS) is 35.4. The number of ether oxygens (including phenoxy) is 1. The number of aliphatic hydroxyl groups excluding tert-OH is 1. The third-order valence-electron chi connectivity index (χ3n) is 2.62. The molecule has 0 saturated carbocycles. The van der Waals surface area contributed by atoms with Gasteiger partial charge in [-0.1, -0.05) is 0 Å². The SMILES string of the molecule is O=C1CC(=O)C([C@@H]2CS[C@H](CO)O2)C=C1F. The molecule has 1 aliphatic heterocycles. The summed E-state index contributed by atoms with van der Waals surface area (Å²) in [7, 11) is 0. The highest BCUT2D eigenvalue weighted by Gasteiger charge is 2.38. The van der Waals surface area contributed by atoms with E-state index in [4.69, 9.17) is 9.84 Å². The minimum atomic E-state index is -0.856. The van der Waals surface area contributed by atoms with Crippen LogP contribution in [0.25, 0.3) is 0 Å². The van der Waals surface area contributed by atoms with Crippen molar-refractivity contribution >= 4 is 23.3 Å². The number of thioether (sulfide) groups is 1. The summed E-state index contributed by atoms with van der Waals surface area (Å²) in [5.41, 5.74) is -0.355. The summed E-state index contributed by atoms with van der Waals surface area (Å²) in [5.74, 6) is -2.09. The van der Waals surface area contributed by atoms with Crippen LogP contribution in [0.4, 0.5) is 4.39 Å². The predicted octanol–water partition coefficient (Wildman–Crippen LogP) is 0.448. The first-order chi connectivity index (χ1) is 7.61. The number of Topliss-reactive ketones (excluding diaryl/α,β-unsaturated/α-hetero) is 2. The molecule has 0 aromatic heterocycles. The van der Waals surface area contributed by atoms with E-state index in [0.717, 1.165) is 6.08 Å². The molecule has 0 aromatic carbocycles. The molecule has 0 spiro atoms. The van der Waals surface area contributed by atoms with Crippen LogP contribution >= 0.6 is 11.8 Å². The van der Waals surface area contributed by atoms with Gasteiger partial charge in [0.2, 0.25) is 0 Å². The average molecular weight is 246 g/mol. The largest absolute Gasteiger partial charge is 0.393 e. The third kappa shape index (κ3) is 2.18. The third-order valence-corrected chi connectivity index (χ3v) is 3.77. The van der Waals surface area contributed by atoms with Crippen molar-refractivity contribution in [2.75, 3.05) is 12.4 Å². The molecule has 2 rings (SSSR count). The molecule has 2 aliphatic rings. The summed E-state index contributed by atoms with van der Waals surface area (Å²) < 4.78 is 18.5. The maximum Gasteiger partial charge on any atom is 0.198 e. The molecule has 1 N–H and O–H groups in total. The zero-order valence-electron chi connectivity index (χ0n) is 8.39. The van der Waals surface area contributed by atoms with Crippen LogP contribution in [0.15, 0.2) is 11.9 Å². The Morgan fingerprint density at radius 2 is 2.31 bits per heavy atom. The average Bonchev–Trinajstić information content (AvgIpc) is 2.71. The lowest BCUT2D eigenvalue weighted by Crippen LogP contribution is -2.34. The van der Waals surface area contributed by atoms with Gasteiger partial charge in [0.05, 0.1) is 25.0 Å². The van der Waals surface area contributed by atoms with Crippen LogP contribution in [0.1, 0.15) is 6.42 Å². The molecular weight excluding hydrogens is 235 g/mol. The summed E-state index contributed by atoms with van der Waals surface area (Å²) in [4.78, 5) is 22.5. The van der Waals surface area contributed by atoms with Gasteiger partial charge >= 0.3 is 0 Å². The highest BCUT2D eigenvalue weighted by Crippen LogP contribution is 2.32. The van der Waals surface area contributed by atoms with Gasteiger partial charge in [-0.05, 0) is 6.08 Å². The second-order valence-electron chi connectivity index (χ2n) is 3.73. The maximum atomic E-state index is 13.1. The number of aliphatic hydroxyl groups is 1. The van der Waals surface area contributed by atoms with Gasteiger partial charge in [0, 0.05) is 5.75 Å². The van der Waals surface area contributed by atoms with E-state index < -0.39 is 23.6 Å². The Kier molecular flexibility index (Phi) is 3.41. The van der Waals surface area contributed by atoms with E-state index in [-0.39, 0.29) is 24.2 Å². The quantitative estimate of drug-likeness (QED) is 0.717. The lowest BCUT2D eigenvalue weighted by Gasteiger charge is -2.21. The zero-order chi connectivity index (χ0) is 11.7. The molecule has 0 bridgehead atoms. The first kappa shape index (κ1) is 11.8. The summed E-state index contributed by atoms with van der Waals surface area (Å²) >= 11 is 1.39. The Hall–Kier alpha value is -0.720. The van der Waals surface area contributed by atoms with Gasteiger partial charge < -0.3 is 9.84 Å². The molecule has 1 unspecified atom stereocenters. The minimum absolute atomic E-state index is 0.132. The maximum absolute atomic E-state index is 13.1. The van der Waals surface area contributed by atoms with Crippen molar-refractivity contribution in [3.63, 3.8) is 0 Å². The van der Waals surface area contributed by atoms with Crippen LogP contribution in [0, 0.1) is 5.92 Å². The van der Waals surface area contributed by atoms with Gasteiger partial charge in [0.15, 0.2) is 11.6 Å². The highest BCUT2D eigenvalue weighted by atomic mass is 32.2. The Bertz CT molecular complexity index is 355. The van der Waals surface area contributed by atoms with Crippen molar-refractivity contribution in [1.29, 1.82) is 0 Å². The van der Waals surface area contributed by atoms with Crippen molar-refractivity contribution in [2.45, 2.75) is 18.0 Å². The molecule has 0 amide bonds. The molecule has 3 atom stereocenters. The molecule has 16 heavy (non-hydrogen) atoms. The zero-order valence-corrected chi connectivity index (χ0v) is 9.21. The first-order valence-corrected chi connectivity index (χ1v) is 5.98. The number of carbonyl (C=O) groups is 2. The van der Waals surface area contributed by atoms with Crippen molar-refractivity contribution in [1.82, 2.24) is 0 Å². The van der Waals surface area contributed by atoms with E-state index in [1.807, 2.05) is 0 Å². The molecule has 4 nitrogen and oxygen atoms in total. The standard InChI is InChI=1S/C10H11FO4S/c11-6-1-5(7(13)2-8(6)14)9-4-16-10(3-12)15-9/h1,5,9-10,12H,2-4H2/t5?,9-,10+/m0/s1. The van der Waals surface area contributed by atoms with Gasteiger partial charge in [-0.15, -0.1) is 11.8 Å². The van der Waals surface area contributed by atoms with Crippen LogP contribution in [0.3, 0.4) is 0 Å². The fourth-order valence-corrected chi connectivity index (χ4v) is 2.80. The number of halogens is 1. The van der Waals surface area contributed by atoms with E-state index >= 15 is 0 Å². The number of rotatable bonds is 2. The van der Waals surface area contributed by atoms with Crippen LogP contribution in [0.2, 0.25) is 0 Å². The van der Waals surface area contributed by atoms with Crippen molar-refractivity contribution in [3.8, 4) is 0 Å². The van der Waals surface area contributed by atoms with Crippen LogP contribution in [-0.4, -0.2) is 40.6 Å². The number of ketones is 2. The van der Waals surface area contributed by atoms with E-state index in [2.05, 4.69) is 0 Å². The Morgan fingerprint density at radius 1 is 1.56 bits per heavy atom. The molecule has 88 valence electrons. The van der Waals surface area contributed by atoms with E-state index in [1.165, 1.54) is 11.8 Å². The van der Waals surface area contributed by atoms with E-state index in [0.29, 0.717) is 5.75 Å². The molecule has 0 aromatic rings. The summed E-state index contributed by atoms with van der Waals surface area (Å²) in [6.45, 7) is -0.132. The molecule has 1 fully saturated rings. The summed E-state index contributed by atoms with van der Waals surface area (Å²) in [6, 6.07) is 0. The van der Waals surface area contributed by atoms with E-state index in [1.54, 1.807) is 0 Å². The predicted molar refractivity (Wildman–Crippen MR) is 55.5 cm³/mol. The number of allylic oxidation sites excluding steroid dienone is 1. The highest BCUT2D eigenvalue weighted by molar-refractivity contribution is 8.00. The second kappa shape index (κ2) is 4.65. The molecule has 1 saturated heterocycles. The lowest BCUT2D eigenvalue weighted by atomic mass is 9.89. The topological polar surface area (TPSA) is 63.6 Å². The van der Waals surface area contributed by atoms with Gasteiger partial charge in [0.1, 0.15) is 11.2 Å². The van der Waals surface area contributed by atoms with Crippen LogP contribution in [0.5, 0.6) is 0 Å².